The number of rotatable bonds is 4. The van der Waals surface area contributed by atoms with Crippen molar-refractivity contribution in [2.45, 2.75) is 13.8 Å². The highest BCUT2D eigenvalue weighted by Gasteiger charge is 2.14. The number of hydrogen-bond donors (Lipinski definition) is 1. The molecule has 0 spiro atoms. The summed E-state index contributed by atoms with van der Waals surface area (Å²) in [5.74, 6) is -0.979. The van der Waals surface area contributed by atoms with Crippen LogP contribution in [0, 0.1) is 31.0 Å². The van der Waals surface area contributed by atoms with Crippen molar-refractivity contribution in [2.75, 3.05) is 5.32 Å². The molecule has 1 N–H and O–H groups in total. The topological polar surface area (TPSA) is 57.8 Å². The molecule has 0 fully saturated rings. The van der Waals surface area contributed by atoms with Gasteiger partial charge in [0.15, 0.2) is 0 Å². The van der Waals surface area contributed by atoms with Gasteiger partial charge in [0.1, 0.15) is 17.5 Å². The Bertz CT molecular complexity index is 1160. The first-order chi connectivity index (χ1) is 13.8. The standard InChI is InChI=1S/C22H16Cl2FN3O/c1-13-9-15(14(2)28(13)19-7-8-20(23)21(24)11-19)10-16(12-26)22(29)27-18-5-3-17(25)4-6-18/h3-11H,1-2H3,(H,27,29)/b16-10-. The number of aromatic nitrogens is 1. The largest absolute Gasteiger partial charge is 0.321 e. The number of nitriles is 1. The predicted molar refractivity (Wildman–Crippen MR) is 114 cm³/mol. The highest BCUT2D eigenvalue weighted by Crippen LogP contribution is 2.28. The first-order valence-corrected chi connectivity index (χ1v) is 9.39. The van der Waals surface area contributed by atoms with E-state index >= 15 is 0 Å². The average molecular weight is 428 g/mol. The molecule has 29 heavy (non-hydrogen) atoms. The molecular formula is C22H16Cl2FN3O. The molecule has 7 heteroatoms. The molecule has 0 saturated heterocycles. The first-order valence-electron chi connectivity index (χ1n) is 8.63. The maximum absolute atomic E-state index is 13.0. The molecule has 0 radical (unpaired) electrons. The molecule has 0 atom stereocenters. The average Bonchev–Trinajstić information content (AvgIpc) is 2.97. The predicted octanol–water partition coefficient (Wildman–Crippen LogP) is 6.09. The second-order valence-electron chi connectivity index (χ2n) is 6.39. The van der Waals surface area contributed by atoms with Crippen molar-refractivity contribution in [2.24, 2.45) is 0 Å². The van der Waals surface area contributed by atoms with Gasteiger partial charge >= 0.3 is 0 Å². The highest BCUT2D eigenvalue weighted by molar-refractivity contribution is 6.42. The zero-order valence-corrected chi connectivity index (χ0v) is 17.1. The van der Waals surface area contributed by atoms with Crippen molar-refractivity contribution in [3.05, 3.63) is 86.9 Å². The van der Waals surface area contributed by atoms with Crippen LogP contribution in [0.25, 0.3) is 11.8 Å². The summed E-state index contributed by atoms with van der Waals surface area (Å²) in [6.45, 7) is 3.80. The number of carbonyl (C=O) groups is 1. The second kappa shape index (κ2) is 8.52. The molecule has 3 aromatic rings. The normalized spacial score (nSPS) is 11.2. The van der Waals surface area contributed by atoms with Crippen molar-refractivity contribution in [3.8, 4) is 11.8 Å². The summed E-state index contributed by atoms with van der Waals surface area (Å²) < 4.78 is 15.0. The summed E-state index contributed by atoms with van der Waals surface area (Å²) >= 11 is 12.1. The lowest BCUT2D eigenvalue weighted by Gasteiger charge is -2.10. The maximum Gasteiger partial charge on any atom is 0.266 e. The van der Waals surface area contributed by atoms with E-state index in [1.807, 2.05) is 36.6 Å². The number of benzene rings is 2. The van der Waals surface area contributed by atoms with E-state index in [4.69, 9.17) is 23.2 Å². The summed E-state index contributed by atoms with van der Waals surface area (Å²) in [7, 11) is 0. The number of carbonyl (C=O) groups excluding carboxylic acids is 1. The fraction of sp³-hybridized carbons (Fsp3) is 0.0909. The van der Waals surface area contributed by atoms with Crippen LogP contribution in [-0.4, -0.2) is 10.5 Å². The van der Waals surface area contributed by atoms with Crippen LogP contribution >= 0.6 is 23.2 Å². The number of amides is 1. The van der Waals surface area contributed by atoms with Crippen molar-refractivity contribution in [1.29, 1.82) is 5.26 Å². The van der Waals surface area contributed by atoms with Crippen molar-refractivity contribution >= 4 is 40.9 Å². The highest BCUT2D eigenvalue weighted by atomic mass is 35.5. The van der Waals surface area contributed by atoms with Gasteiger partial charge in [-0.3, -0.25) is 4.79 Å². The molecule has 0 saturated carbocycles. The summed E-state index contributed by atoms with van der Waals surface area (Å²) in [5, 5.41) is 12.9. The Morgan fingerprint density at radius 3 is 2.41 bits per heavy atom. The van der Waals surface area contributed by atoms with Crippen LogP contribution in [0.3, 0.4) is 0 Å². The van der Waals surface area contributed by atoms with Gasteiger partial charge in [0.2, 0.25) is 0 Å². The molecule has 3 rings (SSSR count). The summed E-state index contributed by atoms with van der Waals surface area (Å²) in [5.41, 5.74) is 3.62. The van der Waals surface area contributed by atoms with Crippen LogP contribution in [0.15, 0.2) is 54.1 Å². The van der Waals surface area contributed by atoms with Gasteiger partial charge in [-0.2, -0.15) is 5.26 Å². The van der Waals surface area contributed by atoms with Gasteiger partial charge < -0.3 is 9.88 Å². The Balaban J connectivity index is 1.94. The number of nitrogens with zero attached hydrogens (tertiary/aromatic N) is 2. The molecule has 0 bridgehead atoms. The van der Waals surface area contributed by atoms with Crippen LogP contribution in [0.5, 0.6) is 0 Å². The summed E-state index contributed by atoms with van der Waals surface area (Å²) in [6, 6.07) is 14.4. The van der Waals surface area contributed by atoms with Crippen LogP contribution in [-0.2, 0) is 4.79 Å². The van der Waals surface area contributed by atoms with Gasteiger partial charge in [0.05, 0.1) is 10.0 Å². The lowest BCUT2D eigenvalue weighted by Crippen LogP contribution is -2.13. The maximum atomic E-state index is 13.0. The molecule has 0 unspecified atom stereocenters. The van der Waals surface area contributed by atoms with E-state index in [0.29, 0.717) is 15.7 Å². The molecule has 4 nitrogen and oxygen atoms in total. The van der Waals surface area contributed by atoms with E-state index in [1.165, 1.54) is 30.3 Å². The number of anilines is 1. The number of halogens is 3. The van der Waals surface area contributed by atoms with Gasteiger partial charge in [-0.25, -0.2) is 4.39 Å². The Hall–Kier alpha value is -3.07. The zero-order valence-electron chi connectivity index (χ0n) is 15.6. The third kappa shape index (κ3) is 4.51. The Morgan fingerprint density at radius 2 is 1.79 bits per heavy atom. The minimum absolute atomic E-state index is 0.0660. The number of hydrogen-bond acceptors (Lipinski definition) is 2. The second-order valence-corrected chi connectivity index (χ2v) is 7.21. The number of aryl methyl sites for hydroxylation is 1. The Labute approximate surface area is 177 Å². The Morgan fingerprint density at radius 1 is 1.10 bits per heavy atom. The molecule has 1 amide bonds. The van der Waals surface area contributed by atoms with Crippen LogP contribution in [0.2, 0.25) is 10.0 Å². The molecular weight excluding hydrogens is 412 g/mol. The SMILES string of the molecule is Cc1cc(/C=C(/C#N)C(=O)Nc2ccc(F)cc2)c(C)n1-c1ccc(Cl)c(Cl)c1. The third-order valence-corrected chi connectivity index (χ3v) is 5.14. The Kier molecular flexibility index (Phi) is 6.07. The first kappa shape index (κ1) is 20.7. The molecule has 1 heterocycles. The fourth-order valence-corrected chi connectivity index (χ4v) is 3.28. The summed E-state index contributed by atoms with van der Waals surface area (Å²) in [6.07, 6.45) is 1.52. The quantitative estimate of drug-likeness (QED) is 0.404. The van der Waals surface area contributed by atoms with Crippen molar-refractivity contribution in [3.63, 3.8) is 0 Å². The molecule has 2 aromatic carbocycles. The van der Waals surface area contributed by atoms with Gasteiger partial charge in [0.25, 0.3) is 5.91 Å². The van der Waals surface area contributed by atoms with E-state index in [9.17, 15) is 14.4 Å². The zero-order chi connectivity index (χ0) is 21.1. The smallest absolute Gasteiger partial charge is 0.266 e. The van der Waals surface area contributed by atoms with Gasteiger partial charge in [-0.15, -0.1) is 0 Å². The monoisotopic (exact) mass is 427 g/mol. The van der Waals surface area contributed by atoms with Crippen LogP contribution < -0.4 is 5.32 Å². The summed E-state index contributed by atoms with van der Waals surface area (Å²) in [4.78, 5) is 12.5. The third-order valence-electron chi connectivity index (χ3n) is 4.40. The van der Waals surface area contributed by atoms with Gasteiger partial charge in [-0.1, -0.05) is 23.2 Å². The lowest BCUT2D eigenvalue weighted by molar-refractivity contribution is -0.112. The fourth-order valence-electron chi connectivity index (χ4n) is 2.99. The van der Waals surface area contributed by atoms with E-state index in [2.05, 4.69) is 5.32 Å². The minimum atomic E-state index is -0.571. The minimum Gasteiger partial charge on any atom is -0.321 e. The van der Waals surface area contributed by atoms with Gasteiger partial charge in [-0.05, 0) is 74.0 Å². The number of nitrogens with one attached hydrogen (secondary N) is 1. The van der Waals surface area contributed by atoms with Crippen LogP contribution in [0.1, 0.15) is 17.0 Å². The molecule has 0 aliphatic carbocycles. The van der Waals surface area contributed by atoms with E-state index < -0.39 is 11.7 Å². The van der Waals surface area contributed by atoms with Crippen molar-refractivity contribution in [1.82, 2.24) is 4.57 Å². The van der Waals surface area contributed by atoms with E-state index in [-0.39, 0.29) is 5.57 Å². The van der Waals surface area contributed by atoms with Gasteiger partial charge in [0, 0.05) is 22.8 Å². The molecule has 0 aliphatic rings. The molecule has 146 valence electrons. The van der Waals surface area contributed by atoms with E-state index in [0.717, 1.165) is 22.6 Å². The lowest BCUT2D eigenvalue weighted by atomic mass is 10.1. The van der Waals surface area contributed by atoms with Crippen LogP contribution in [0.4, 0.5) is 10.1 Å². The molecule has 0 aliphatic heterocycles. The van der Waals surface area contributed by atoms with Crippen molar-refractivity contribution < 1.29 is 9.18 Å². The van der Waals surface area contributed by atoms with E-state index in [1.54, 1.807) is 12.1 Å². The molecule has 1 aromatic heterocycles.